The highest BCUT2D eigenvalue weighted by molar-refractivity contribution is 7.84. The Hall–Kier alpha value is -0.680. The lowest BCUT2D eigenvalue weighted by molar-refractivity contribution is 0.581. The summed E-state index contributed by atoms with van der Waals surface area (Å²) < 4.78 is 10.9. The number of imidazole rings is 1. The fraction of sp³-hybridized carbons (Fsp3) is 0.667. The molecule has 5 heteroatoms. The fourth-order valence-corrected chi connectivity index (χ4v) is 2.08. The van der Waals surface area contributed by atoms with E-state index in [9.17, 15) is 4.21 Å². The van der Waals surface area contributed by atoms with E-state index in [0.29, 0.717) is 5.75 Å². The number of aryl methyl sites for hydroxylation is 1. The summed E-state index contributed by atoms with van der Waals surface area (Å²) in [5.41, 5.74) is 1.07. The van der Waals surface area contributed by atoms with Crippen molar-refractivity contribution in [3.8, 4) is 0 Å². The molecule has 0 aromatic carbocycles. The average molecular weight is 215 g/mol. The third-order valence-electron chi connectivity index (χ3n) is 1.88. The Balaban J connectivity index is 2.30. The van der Waals surface area contributed by atoms with Crippen LogP contribution in [-0.4, -0.2) is 32.2 Å². The smallest absolute Gasteiger partial charge is 0.103 e. The number of nitrogens with zero attached hydrogens (tertiary/aromatic N) is 1. The Morgan fingerprint density at radius 1 is 1.71 bits per heavy atom. The van der Waals surface area contributed by atoms with Gasteiger partial charge in [-0.2, -0.15) is 0 Å². The van der Waals surface area contributed by atoms with E-state index in [4.69, 9.17) is 0 Å². The van der Waals surface area contributed by atoms with Crippen LogP contribution >= 0.6 is 0 Å². The maximum Gasteiger partial charge on any atom is 0.103 e. The third kappa shape index (κ3) is 4.02. The van der Waals surface area contributed by atoms with Gasteiger partial charge in [-0.3, -0.25) is 4.21 Å². The second kappa shape index (κ2) is 5.26. The van der Waals surface area contributed by atoms with Gasteiger partial charge in [0.1, 0.15) is 5.82 Å². The Labute approximate surface area is 87.0 Å². The number of aromatic nitrogens is 2. The van der Waals surface area contributed by atoms with Crippen molar-refractivity contribution in [2.45, 2.75) is 26.4 Å². The second-order valence-electron chi connectivity index (χ2n) is 3.52. The van der Waals surface area contributed by atoms with Crippen molar-refractivity contribution in [2.24, 2.45) is 0 Å². The Morgan fingerprint density at radius 3 is 2.93 bits per heavy atom. The lowest BCUT2D eigenvalue weighted by Crippen LogP contribution is -2.30. The van der Waals surface area contributed by atoms with Crippen LogP contribution in [0.1, 0.15) is 18.4 Å². The fourth-order valence-electron chi connectivity index (χ4n) is 1.26. The SMILES string of the molecule is Cc1ncc(CNC(C)CS(C)=O)[nH]1. The topological polar surface area (TPSA) is 57.8 Å². The zero-order valence-corrected chi connectivity index (χ0v) is 9.65. The van der Waals surface area contributed by atoms with Crippen molar-refractivity contribution in [2.75, 3.05) is 12.0 Å². The molecule has 1 aromatic rings. The molecule has 80 valence electrons. The average Bonchev–Trinajstić information content (AvgIpc) is 2.47. The standard InChI is InChI=1S/C9H17N3OS/c1-7(6-14(3)13)10-4-9-5-11-8(2)12-9/h5,7,10H,4,6H2,1-3H3,(H,11,12). The molecule has 1 rings (SSSR count). The van der Waals surface area contributed by atoms with Gasteiger partial charge in [0.05, 0.1) is 0 Å². The first kappa shape index (κ1) is 11.4. The molecule has 1 heterocycles. The van der Waals surface area contributed by atoms with Crippen LogP contribution < -0.4 is 5.32 Å². The maximum atomic E-state index is 10.9. The first-order chi connectivity index (χ1) is 6.58. The van der Waals surface area contributed by atoms with E-state index < -0.39 is 10.8 Å². The van der Waals surface area contributed by atoms with Gasteiger partial charge in [0.15, 0.2) is 0 Å². The van der Waals surface area contributed by atoms with E-state index in [1.807, 2.05) is 20.0 Å². The zero-order valence-electron chi connectivity index (χ0n) is 8.83. The summed E-state index contributed by atoms with van der Waals surface area (Å²) >= 11 is 0. The van der Waals surface area contributed by atoms with E-state index >= 15 is 0 Å². The Morgan fingerprint density at radius 2 is 2.43 bits per heavy atom. The molecule has 2 atom stereocenters. The van der Waals surface area contributed by atoms with Crippen LogP contribution in [0.15, 0.2) is 6.20 Å². The molecule has 0 saturated carbocycles. The molecule has 2 N–H and O–H groups in total. The predicted molar refractivity (Wildman–Crippen MR) is 58.6 cm³/mol. The summed E-state index contributed by atoms with van der Waals surface area (Å²) in [6.07, 6.45) is 3.54. The minimum atomic E-state index is -0.737. The normalized spacial score (nSPS) is 15.4. The zero-order chi connectivity index (χ0) is 10.6. The van der Waals surface area contributed by atoms with Gasteiger partial charge in [0.2, 0.25) is 0 Å². The number of H-pyrrole nitrogens is 1. The Kier molecular flexibility index (Phi) is 4.28. The molecule has 4 nitrogen and oxygen atoms in total. The predicted octanol–water partition coefficient (Wildman–Crippen LogP) is 0.575. The van der Waals surface area contributed by atoms with Crippen molar-refractivity contribution in [3.05, 3.63) is 17.7 Å². The van der Waals surface area contributed by atoms with E-state index in [2.05, 4.69) is 15.3 Å². The van der Waals surface area contributed by atoms with Crippen LogP contribution in [0, 0.1) is 6.92 Å². The molecule has 0 aliphatic carbocycles. The lowest BCUT2D eigenvalue weighted by atomic mass is 10.3. The highest BCUT2D eigenvalue weighted by atomic mass is 32.2. The van der Waals surface area contributed by atoms with Gasteiger partial charge in [-0.1, -0.05) is 0 Å². The molecule has 0 spiro atoms. The minimum absolute atomic E-state index is 0.268. The molecule has 2 unspecified atom stereocenters. The van der Waals surface area contributed by atoms with Gasteiger partial charge < -0.3 is 10.3 Å². The molecular formula is C9H17N3OS. The molecule has 0 radical (unpaired) electrons. The van der Waals surface area contributed by atoms with Crippen molar-refractivity contribution in [1.82, 2.24) is 15.3 Å². The van der Waals surface area contributed by atoms with Crippen LogP contribution in [0.2, 0.25) is 0 Å². The summed E-state index contributed by atoms with van der Waals surface area (Å²) in [7, 11) is -0.737. The lowest BCUT2D eigenvalue weighted by Gasteiger charge is -2.10. The second-order valence-corrected chi connectivity index (χ2v) is 5.00. The maximum absolute atomic E-state index is 10.9. The summed E-state index contributed by atoms with van der Waals surface area (Å²) in [6.45, 7) is 4.71. The summed E-state index contributed by atoms with van der Waals surface area (Å²) in [5.74, 6) is 1.61. The molecule has 1 aromatic heterocycles. The first-order valence-corrected chi connectivity index (χ1v) is 6.34. The highest BCUT2D eigenvalue weighted by Crippen LogP contribution is 1.96. The first-order valence-electron chi connectivity index (χ1n) is 4.62. The number of hydrogen-bond donors (Lipinski definition) is 2. The number of rotatable bonds is 5. The van der Waals surface area contributed by atoms with Crippen LogP contribution in [-0.2, 0) is 17.3 Å². The summed E-state index contributed by atoms with van der Waals surface area (Å²) in [4.78, 5) is 7.24. The van der Waals surface area contributed by atoms with Crippen LogP contribution in [0.4, 0.5) is 0 Å². The molecular weight excluding hydrogens is 198 g/mol. The van der Waals surface area contributed by atoms with Crippen molar-refractivity contribution in [1.29, 1.82) is 0 Å². The van der Waals surface area contributed by atoms with E-state index in [1.165, 1.54) is 0 Å². The molecule has 0 bridgehead atoms. The van der Waals surface area contributed by atoms with Crippen molar-refractivity contribution < 1.29 is 4.21 Å². The van der Waals surface area contributed by atoms with Crippen molar-refractivity contribution in [3.63, 3.8) is 0 Å². The number of hydrogen-bond acceptors (Lipinski definition) is 3. The van der Waals surface area contributed by atoms with Crippen LogP contribution in [0.25, 0.3) is 0 Å². The van der Waals surface area contributed by atoms with E-state index in [0.717, 1.165) is 18.1 Å². The van der Waals surface area contributed by atoms with Gasteiger partial charge in [0, 0.05) is 47.3 Å². The molecule has 0 amide bonds. The van der Waals surface area contributed by atoms with Gasteiger partial charge in [0.25, 0.3) is 0 Å². The molecule has 0 saturated heterocycles. The summed E-state index contributed by atoms with van der Waals surface area (Å²) in [5, 5.41) is 3.28. The van der Waals surface area contributed by atoms with Crippen molar-refractivity contribution >= 4 is 10.8 Å². The van der Waals surface area contributed by atoms with E-state index in [1.54, 1.807) is 6.26 Å². The largest absolute Gasteiger partial charge is 0.345 e. The monoisotopic (exact) mass is 215 g/mol. The quantitative estimate of drug-likeness (QED) is 0.755. The van der Waals surface area contributed by atoms with Gasteiger partial charge >= 0.3 is 0 Å². The summed E-state index contributed by atoms with van der Waals surface area (Å²) in [6, 6.07) is 0.268. The molecule has 0 fully saturated rings. The van der Waals surface area contributed by atoms with Crippen LogP contribution in [0.3, 0.4) is 0 Å². The molecule has 0 aliphatic heterocycles. The number of nitrogens with one attached hydrogen (secondary N) is 2. The number of aromatic amines is 1. The minimum Gasteiger partial charge on any atom is -0.345 e. The third-order valence-corrected chi connectivity index (χ3v) is 2.85. The highest BCUT2D eigenvalue weighted by Gasteiger charge is 2.04. The van der Waals surface area contributed by atoms with Gasteiger partial charge in [-0.15, -0.1) is 0 Å². The molecule has 14 heavy (non-hydrogen) atoms. The molecule has 0 aliphatic rings. The van der Waals surface area contributed by atoms with Gasteiger partial charge in [-0.25, -0.2) is 4.98 Å². The Bertz CT molecular complexity index is 311. The van der Waals surface area contributed by atoms with Crippen LogP contribution in [0.5, 0.6) is 0 Å². The van der Waals surface area contributed by atoms with E-state index in [-0.39, 0.29) is 6.04 Å². The van der Waals surface area contributed by atoms with Gasteiger partial charge in [-0.05, 0) is 13.8 Å².